The van der Waals surface area contributed by atoms with Crippen LogP contribution in [0.1, 0.15) is 22.0 Å². The summed E-state index contributed by atoms with van der Waals surface area (Å²) in [4.78, 5) is 0.982. The average molecular weight is 350 g/mol. The molecule has 102 valence electrons. The van der Waals surface area contributed by atoms with E-state index < -0.39 is 23.5 Å². The van der Waals surface area contributed by atoms with Gasteiger partial charge in [-0.25, -0.2) is 13.2 Å². The van der Waals surface area contributed by atoms with Crippen LogP contribution in [0.2, 0.25) is 0 Å². The van der Waals surface area contributed by atoms with Crippen molar-refractivity contribution in [3.63, 3.8) is 0 Å². The second-order valence-electron chi connectivity index (χ2n) is 4.05. The highest BCUT2D eigenvalue weighted by molar-refractivity contribution is 9.11. The molecule has 2 rings (SSSR count). The third-order valence-electron chi connectivity index (χ3n) is 2.90. The maximum Gasteiger partial charge on any atom is 0.194 e. The lowest BCUT2D eigenvalue weighted by Crippen LogP contribution is -2.20. The number of rotatable bonds is 3. The van der Waals surface area contributed by atoms with Crippen LogP contribution < -0.4 is 5.32 Å². The number of hydrogen-bond donors (Lipinski definition) is 1. The van der Waals surface area contributed by atoms with Gasteiger partial charge in [-0.2, -0.15) is 0 Å². The first-order valence-electron chi connectivity index (χ1n) is 5.52. The summed E-state index contributed by atoms with van der Waals surface area (Å²) in [7, 11) is 1.65. The molecule has 1 nitrogen and oxygen atoms in total. The molecule has 1 heterocycles. The van der Waals surface area contributed by atoms with Gasteiger partial charge in [0.15, 0.2) is 17.5 Å². The molecule has 0 saturated carbocycles. The van der Waals surface area contributed by atoms with E-state index in [1.165, 1.54) is 17.4 Å². The van der Waals surface area contributed by atoms with Crippen molar-refractivity contribution in [3.8, 4) is 0 Å². The third-order valence-corrected chi connectivity index (χ3v) is 4.47. The van der Waals surface area contributed by atoms with E-state index in [2.05, 4.69) is 21.2 Å². The fourth-order valence-electron chi connectivity index (χ4n) is 1.99. The van der Waals surface area contributed by atoms with Gasteiger partial charge in [0.1, 0.15) is 0 Å². The van der Waals surface area contributed by atoms with E-state index in [0.717, 1.165) is 20.3 Å². The van der Waals surface area contributed by atoms with Crippen LogP contribution in [0.3, 0.4) is 0 Å². The summed E-state index contributed by atoms with van der Waals surface area (Å²) < 4.78 is 41.1. The number of benzene rings is 1. The predicted molar refractivity (Wildman–Crippen MR) is 74.0 cm³/mol. The summed E-state index contributed by atoms with van der Waals surface area (Å²) in [5.41, 5.74) is 0.930. The van der Waals surface area contributed by atoms with Crippen LogP contribution in [0.25, 0.3) is 0 Å². The number of aryl methyl sites for hydroxylation is 1. The Morgan fingerprint density at radius 1 is 1.16 bits per heavy atom. The van der Waals surface area contributed by atoms with Crippen molar-refractivity contribution in [2.45, 2.75) is 13.0 Å². The van der Waals surface area contributed by atoms with Crippen molar-refractivity contribution < 1.29 is 13.2 Å². The molecule has 0 bridgehead atoms. The van der Waals surface area contributed by atoms with E-state index in [1.807, 2.05) is 13.0 Å². The zero-order valence-electron chi connectivity index (χ0n) is 10.2. The molecule has 19 heavy (non-hydrogen) atoms. The van der Waals surface area contributed by atoms with Crippen LogP contribution in [-0.4, -0.2) is 7.05 Å². The van der Waals surface area contributed by atoms with Gasteiger partial charge >= 0.3 is 0 Å². The van der Waals surface area contributed by atoms with Crippen LogP contribution in [-0.2, 0) is 0 Å². The molecule has 0 spiro atoms. The van der Waals surface area contributed by atoms with Gasteiger partial charge < -0.3 is 5.32 Å². The largest absolute Gasteiger partial charge is 0.309 e. The summed E-state index contributed by atoms with van der Waals surface area (Å²) in [6.45, 7) is 1.90. The van der Waals surface area contributed by atoms with Crippen LogP contribution in [0.4, 0.5) is 13.2 Å². The summed E-state index contributed by atoms with van der Waals surface area (Å²) in [6, 6.07) is 3.54. The fraction of sp³-hybridized carbons (Fsp3) is 0.231. The van der Waals surface area contributed by atoms with Gasteiger partial charge in [-0.15, -0.1) is 11.3 Å². The molecule has 0 aliphatic heterocycles. The first-order valence-corrected chi connectivity index (χ1v) is 7.13. The number of thiophene rings is 1. The van der Waals surface area contributed by atoms with E-state index in [0.29, 0.717) is 0 Å². The maximum absolute atomic E-state index is 13.9. The highest BCUT2D eigenvalue weighted by atomic mass is 79.9. The monoisotopic (exact) mass is 349 g/mol. The van der Waals surface area contributed by atoms with Crippen LogP contribution in [0, 0.1) is 24.4 Å². The second-order valence-corrected chi connectivity index (χ2v) is 6.68. The Labute approximate surface area is 121 Å². The van der Waals surface area contributed by atoms with Crippen molar-refractivity contribution in [2.75, 3.05) is 7.05 Å². The topological polar surface area (TPSA) is 12.0 Å². The molecule has 0 amide bonds. The van der Waals surface area contributed by atoms with Gasteiger partial charge in [0.05, 0.1) is 9.83 Å². The van der Waals surface area contributed by atoms with Crippen molar-refractivity contribution in [3.05, 3.63) is 55.4 Å². The Kier molecular flexibility index (Phi) is 4.32. The highest BCUT2D eigenvalue weighted by Crippen LogP contribution is 2.34. The van der Waals surface area contributed by atoms with Crippen molar-refractivity contribution in [1.82, 2.24) is 5.32 Å². The Hall–Kier alpha value is -0.850. The summed E-state index contributed by atoms with van der Waals surface area (Å²) in [5, 5.41) is 2.93. The predicted octanol–water partition coefficient (Wildman–Crippen LogP) is 4.55. The van der Waals surface area contributed by atoms with E-state index in [9.17, 15) is 13.2 Å². The molecule has 0 fully saturated rings. The molecular weight excluding hydrogens is 339 g/mol. The summed E-state index contributed by atoms with van der Waals surface area (Å²) in [5.74, 6) is -3.77. The quantitative estimate of drug-likeness (QED) is 0.801. The molecule has 1 unspecified atom stereocenters. The number of hydrogen-bond acceptors (Lipinski definition) is 2. The standard InChI is InChI=1S/C13H11BrF3NS/c1-6-8(5-10(14)19-6)13(18-2)7-3-4-9(15)12(17)11(7)16/h3-5,13,18H,1-2H3. The summed E-state index contributed by atoms with van der Waals surface area (Å²) >= 11 is 4.87. The molecule has 2 aromatic rings. The Bertz CT molecular complexity index is 612. The Morgan fingerprint density at radius 2 is 1.84 bits per heavy atom. The van der Waals surface area contributed by atoms with Crippen LogP contribution in [0.15, 0.2) is 22.0 Å². The van der Waals surface area contributed by atoms with Gasteiger partial charge in [-0.05, 0) is 47.6 Å². The first-order chi connectivity index (χ1) is 8.95. The Balaban J connectivity index is 2.54. The molecule has 1 aromatic carbocycles. The molecular formula is C13H11BrF3NS. The van der Waals surface area contributed by atoms with E-state index in [1.54, 1.807) is 7.05 Å². The number of halogens is 4. The zero-order chi connectivity index (χ0) is 14.2. The molecule has 6 heteroatoms. The second kappa shape index (κ2) is 5.64. The molecule has 1 atom stereocenters. The molecule has 0 aliphatic carbocycles. The van der Waals surface area contributed by atoms with Crippen LogP contribution in [0.5, 0.6) is 0 Å². The molecule has 0 aliphatic rings. The van der Waals surface area contributed by atoms with Gasteiger partial charge in [0.2, 0.25) is 0 Å². The van der Waals surface area contributed by atoms with E-state index in [-0.39, 0.29) is 5.56 Å². The molecule has 0 saturated heterocycles. The molecule has 1 N–H and O–H groups in total. The lowest BCUT2D eigenvalue weighted by Gasteiger charge is -2.18. The highest BCUT2D eigenvalue weighted by Gasteiger charge is 2.23. The van der Waals surface area contributed by atoms with Crippen LogP contribution >= 0.6 is 27.3 Å². The minimum absolute atomic E-state index is 0.0924. The fourth-order valence-corrected chi connectivity index (χ4v) is 3.74. The molecule has 1 aromatic heterocycles. The zero-order valence-corrected chi connectivity index (χ0v) is 12.6. The lowest BCUT2D eigenvalue weighted by atomic mass is 9.99. The van der Waals surface area contributed by atoms with Gasteiger partial charge in [-0.3, -0.25) is 0 Å². The lowest BCUT2D eigenvalue weighted by molar-refractivity contribution is 0.435. The van der Waals surface area contributed by atoms with Gasteiger partial charge in [0.25, 0.3) is 0 Å². The third kappa shape index (κ3) is 2.70. The van der Waals surface area contributed by atoms with Crippen molar-refractivity contribution in [1.29, 1.82) is 0 Å². The average Bonchev–Trinajstić information content (AvgIpc) is 2.69. The normalized spacial score (nSPS) is 12.7. The smallest absolute Gasteiger partial charge is 0.194 e. The van der Waals surface area contributed by atoms with Crippen molar-refractivity contribution >= 4 is 27.3 Å². The summed E-state index contributed by atoms with van der Waals surface area (Å²) in [6.07, 6.45) is 0. The minimum atomic E-state index is -1.44. The first kappa shape index (κ1) is 14.6. The van der Waals surface area contributed by atoms with E-state index in [4.69, 9.17) is 0 Å². The molecule has 0 radical (unpaired) electrons. The van der Waals surface area contributed by atoms with Gasteiger partial charge in [0, 0.05) is 10.4 Å². The SMILES string of the molecule is CNC(c1cc(Br)sc1C)c1ccc(F)c(F)c1F. The van der Waals surface area contributed by atoms with Crippen molar-refractivity contribution in [2.24, 2.45) is 0 Å². The minimum Gasteiger partial charge on any atom is -0.309 e. The van der Waals surface area contributed by atoms with Gasteiger partial charge in [-0.1, -0.05) is 6.07 Å². The Morgan fingerprint density at radius 3 is 2.37 bits per heavy atom. The van der Waals surface area contributed by atoms with E-state index >= 15 is 0 Å². The number of nitrogens with one attached hydrogen (secondary N) is 1. The maximum atomic E-state index is 13.9.